The molecule has 2 aromatic rings. The molecule has 2 rings (SSSR count). The molecule has 2 amide bonds. The fraction of sp³-hybridized carbons (Fsp3) is 0.333. The van der Waals surface area contributed by atoms with Gasteiger partial charge in [-0.2, -0.15) is 0 Å². The Balaban J connectivity index is 2.06. The van der Waals surface area contributed by atoms with Crippen molar-refractivity contribution in [3.8, 4) is 5.75 Å². The summed E-state index contributed by atoms with van der Waals surface area (Å²) in [5, 5.41) is 2.82. The Morgan fingerprint density at radius 1 is 1.08 bits per heavy atom. The number of benzene rings is 2. The Kier molecular flexibility index (Phi) is 6.78. The zero-order valence-corrected chi connectivity index (χ0v) is 15.8. The van der Waals surface area contributed by atoms with Gasteiger partial charge in [-0.3, -0.25) is 9.59 Å². The number of amides is 2. The van der Waals surface area contributed by atoms with Crippen molar-refractivity contribution in [2.24, 2.45) is 0 Å². The molecule has 0 heterocycles. The highest BCUT2D eigenvalue weighted by Crippen LogP contribution is 2.19. The molecule has 5 nitrogen and oxygen atoms in total. The normalized spacial score (nSPS) is 11.5. The third kappa shape index (κ3) is 4.85. The Morgan fingerprint density at radius 2 is 1.77 bits per heavy atom. The van der Waals surface area contributed by atoms with Crippen LogP contribution < -0.4 is 10.1 Å². The predicted octanol–water partition coefficient (Wildman–Crippen LogP) is 3.88. The zero-order valence-electron chi connectivity index (χ0n) is 15.8. The predicted molar refractivity (Wildman–Crippen MR) is 104 cm³/mol. The number of aryl methyl sites for hydroxylation is 1. The topological polar surface area (TPSA) is 58.6 Å². The third-order valence-electron chi connectivity index (χ3n) is 4.19. The van der Waals surface area contributed by atoms with E-state index in [1.165, 1.54) is 0 Å². The van der Waals surface area contributed by atoms with Crippen LogP contribution in [-0.4, -0.2) is 35.9 Å². The summed E-state index contributed by atoms with van der Waals surface area (Å²) in [6.07, 6.45) is -0.654. The maximum Gasteiger partial charge on any atom is 0.265 e. The second kappa shape index (κ2) is 9.04. The van der Waals surface area contributed by atoms with E-state index in [-0.39, 0.29) is 11.8 Å². The number of rotatable bonds is 7. The maximum absolute atomic E-state index is 12.4. The number of ether oxygens (including phenoxy) is 1. The van der Waals surface area contributed by atoms with E-state index in [4.69, 9.17) is 4.74 Å². The highest BCUT2D eigenvalue weighted by molar-refractivity contribution is 5.98. The molecule has 0 aliphatic carbocycles. The number of nitrogens with zero attached hydrogens (tertiary/aromatic N) is 1. The van der Waals surface area contributed by atoms with Crippen molar-refractivity contribution in [3.05, 3.63) is 59.7 Å². The lowest BCUT2D eigenvalue weighted by atomic mass is 10.1. The van der Waals surface area contributed by atoms with E-state index in [9.17, 15) is 9.59 Å². The number of anilines is 1. The number of carbonyl (C=O) groups is 2. The van der Waals surface area contributed by atoms with Crippen LogP contribution in [0.5, 0.6) is 5.75 Å². The molecule has 1 atom stereocenters. The average Bonchev–Trinajstić information content (AvgIpc) is 2.64. The summed E-state index contributed by atoms with van der Waals surface area (Å²) in [5.41, 5.74) is 2.10. The molecule has 0 aliphatic heterocycles. The number of carbonyl (C=O) groups excluding carboxylic acids is 2. The van der Waals surface area contributed by atoms with Gasteiger partial charge in [0.2, 0.25) is 0 Å². The third-order valence-corrected chi connectivity index (χ3v) is 4.19. The van der Waals surface area contributed by atoms with E-state index in [1.54, 1.807) is 36.1 Å². The molecule has 1 N–H and O–H groups in total. The molecule has 26 heavy (non-hydrogen) atoms. The Labute approximate surface area is 155 Å². The number of para-hydroxylation sites is 1. The molecule has 2 aromatic carbocycles. The van der Waals surface area contributed by atoms with E-state index in [0.717, 1.165) is 5.56 Å². The Hall–Kier alpha value is -2.82. The smallest absolute Gasteiger partial charge is 0.265 e. The van der Waals surface area contributed by atoms with Crippen molar-refractivity contribution >= 4 is 17.5 Å². The number of hydrogen-bond donors (Lipinski definition) is 1. The number of hydrogen-bond acceptors (Lipinski definition) is 3. The van der Waals surface area contributed by atoms with Gasteiger partial charge in [-0.25, -0.2) is 0 Å². The van der Waals surface area contributed by atoms with Crippen LogP contribution in [0, 0.1) is 6.92 Å². The van der Waals surface area contributed by atoms with Crippen LogP contribution in [0.4, 0.5) is 5.69 Å². The summed E-state index contributed by atoms with van der Waals surface area (Å²) >= 11 is 0. The van der Waals surface area contributed by atoms with Crippen LogP contribution in [0.2, 0.25) is 0 Å². The van der Waals surface area contributed by atoms with Crippen LogP contribution in [0.3, 0.4) is 0 Å². The van der Waals surface area contributed by atoms with Gasteiger partial charge < -0.3 is 15.0 Å². The van der Waals surface area contributed by atoms with Gasteiger partial charge in [0, 0.05) is 24.3 Å². The van der Waals surface area contributed by atoms with Crippen LogP contribution in [0.25, 0.3) is 0 Å². The fourth-order valence-electron chi connectivity index (χ4n) is 2.60. The lowest BCUT2D eigenvalue weighted by Gasteiger charge is -2.19. The van der Waals surface area contributed by atoms with Gasteiger partial charge in [0.25, 0.3) is 11.8 Å². The Morgan fingerprint density at radius 3 is 2.42 bits per heavy atom. The summed E-state index contributed by atoms with van der Waals surface area (Å²) < 4.78 is 5.74. The highest BCUT2D eigenvalue weighted by atomic mass is 16.5. The van der Waals surface area contributed by atoms with Crippen LogP contribution >= 0.6 is 0 Å². The molecule has 0 saturated carbocycles. The standard InChI is InChI=1S/C21H26N2O3/c1-5-23(6-2)21(25)17-11-9-12-18(14-17)22-20(24)16(4)26-19-13-8-7-10-15(19)3/h7-14,16H,5-6H2,1-4H3,(H,22,24). The van der Waals surface area contributed by atoms with Crippen molar-refractivity contribution in [1.29, 1.82) is 0 Å². The van der Waals surface area contributed by atoms with Crippen LogP contribution in [0.15, 0.2) is 48.5 Å². The minimum absolute atomic E-state index is 0.0460. The highest BCUT2D eigenvalue weighted by Gasteiger charge is 2.17. The van der Waals surface area contributed by atoms with Crippen molar-refractivity contribution in [3.63, 3.8) is 0 Å². The van der Waals surface area contributed by atoms with Gasteiger partial charge in [-0.15, -0.1) is 0 Å². The van der Waals surface area contributed by atoms with E-state index in [0.29, 0.717) is 30.1 Å². The van der Waals surface area contributed by atoms with Gasteiger partial charge in [-0.1, -0.05) is 24.3 Å². The van der Waals surface area contributed by atoms with E-state index in [2.05, 4.69) is 5.32 Å². The first-order chi connectivity index (χ1) is 12.5. The van der Waals surface area contributed by atoms with Crippen LogP contribution in [-0.2, 0) is 4.79 Å². The van der Waals surface area contributed by atoms with Gasteiger partial charge in [-0.05, 0) is 57.5 Å². The summed E-state index contributed by atoms with van der Waals surface area (Å²) in [5.74, 6) is 0.372. The molecule has 0 aromatic heterocycles. The second-order valence-electron chi connectivity index (χ2n) is 6.07. The van der Waals surface area contributed by atoms with Crippen molar-refractivity contribution in [1.82, 2.24) is 4.90 Å². The first kappa shape index (κ1) is 19.5. The number of nitrogens with one attached hydrogen (secondary N) is 1. The lowest BCUT2D eigenvalue weighted by molar-refractivity contribution is -0.122. The molecule has 0 spiro atoms. The minimum Gasteiger partial charge on any atom is -0.481 e. The molecule has 1 unspecified atom stereocenters. The SMILES string of the molecule is CCN(CC)C(=O)c1cccc(NC(=O)C(C)Oc2ccccc2C)c1. The summed E-state index contributed by atoms with van der Waals surface area (Å²) in [7, 11) is 0. The van der Waals surface area contributed by atoms with E-state index >= 15 is 0 Å². The van der Waals surface area contributed by atoms with E-state index < -0.39 is 6.10 Å². The Bertz CT molecular complexity index is 769. The first-order valence-electron chi connectivity index (χ1n) is 8.88. The van der Waals surface area contributed by atoms with Crippen molar-refractivity contribution < 1.29 is 14.3 Å². The summed E-state index contributed by atoms with van der Waals surface area (Å²) in [4.78, 5) is 26.6. The quantitative estimate of drug-likeness (QED) is 0.821. The van der Waals surface area contributed by atoms with E-state index in [1.807, 2.05) is 45.0 Å². The maximum atomic E-state index is 12.4. The first-order valence-corrected chi connectivity index (χ1v) is 8.88. The lowest BCUT2D eigenvalue weighted by Crippen LogP contribution is -2.31. The second-order valence-corrected chi connectivity index (χ2v) is 6.07. The largest absolute Gasteiger partial charge is 0.481 e. The molecule has 0 aliphatic rings. The molecule has 138 valence electrons. The molecule has 0 saturated heterocycles. The molecule has 0 radical (unpaired) electrons. The fourth-order valence-corrected chi connectivity index (χ4v) is 2.60. The van der Waals surface area contributed by atoms with Gasteiger partial charge in [0.1, 0.15) is 5.75 Å². The van der Waals surface area contributed by atoms with Crippen molar-refractivity contribution in [2.75, 3.05) is 18.4 Å². The molecule has 5 heteroatoms. The summed E-state index contributed by atoms with van der Waals surface area (Å²) in [6, 6.07) is 14.5. The van der Waals surface area contributed by atoms with Gasteiger partial charge in [0.05, 0.1) is 0 Å². The van der Waals surface area contributed by atoms with Crippen LogP contribution in [0.1, 0.15) is 36.7 Å². The summed E-state index contributed by atoms with van der Waals surface area (Å²) in [6.45, 7) is 8.81. The molecular formula is C21H26N2O3. The molecule has 0 fully saturated rings. The molecular weight excluding hydrogens is 328 g/mol. The molecule has 0 bridgehead atoms. The minimum atomic E-state index is -0.654. The van der Waals surface area contributed by atoms with Gasteiger partial charge in [0.15, 0.2) is 6.10 Å². The zero-order chi connectivity index (χ0) is 19.1. The van der Waals surface area contributed by atoms with Gasteiger partial charge >= 0.3 is 0 Å². The average molecular weight is 354 g/mol. The monoisotopic (exact) mass is 354 g/mol. The van der Waals surface area contributed by atoms with Crippen molar-refractivity contribution in [2.45, 2.75) is 33.8 Å².